The monoisotopic (exact) mass is 232 g/mol. The summed E-state index contributed by atoms with van der Waals surface area (Å²) in [6, 6.07) is 5.31. The minimum absolute atomic E-state index is 0.106. The van der Waals surface area contributed by atoms with E-state index in [1.165, 1.54) is 0 Å². The molecule has 1 aromatic heterocycles. The van der Waals surface area contributed by atoms with E-state index in [4.69, 9.17) is 10.00 Å². The molecule has 2 rings (SSSR count). The third kappa shape index (κ3) is 2.56. The van der Waals surface area contributed by atoms with Crippen molar-refractivity contribution in [3.8, 4) is 6.07 Å². The fourth-order valence-electron chi connectivity index (χ4n) is 2.14. The first-order valence-corrected chi connectivity index (χ1v) is 5.94. The van der Waals surface area contributed by atoms with Gasteiger partial charge in [-0.3, -0.25) is 4.79 Å². The van der Waals surface area contributed by atoms with Crippen LogP contribution < -0.4 is 5.56 Å². The number of rotatable bonds is 2. The van der Waals surface area contributed by atoms with E-state index in [2.05, 4.69) is 0 Å². The molecule has 2 heterocycles. The highest BCUT2D eigenvalue weighted by molar-refractivity contribution is 5.27. The van der Waals surface area contributed by atoms with E-state index in [0.29, 0.717) is 6.54 Å². The van der Waals surface area contributed by atoms with Crippen LogP contribution in [0.5, 0.6) is 0 Å². The van der Waals surface area contributed by atoms with E-state index in [1.807, 2.05) is 19.1 Å². The molecule has 90 valence electrons. The highest BCUT2D eigenvalue weighted by Gasteiger charge is 2.16. The van der Waals surface area contributed by atoms with Gasteiger partial charge in [0.1, 0.15) is 11.6 Å². The maximum atomic E-state index is 12.0. The Kier molecular flexibility index (Phi) is 3.60. The lowest BCUT2D eigenvalue weighted by Crippen LogP contribution is -2.32. The lowest BCUT2D eigenvalue weighted by Gasteiger charge is -2.24. The first-order valence-electron chi connectivity index (χ1n) is 5.94. The Labute approximate surface area is 100 Å². The van der Waals surface area contributed by atoms with Gasteiger partial charge in [0.25, 0.3) is 5.56 Å². The predicted molar refractivity (Wildman–Crippen MR) is 63.7 cm³/mol. The summed E-state index contributed by atoms with van der Waals surface area (Å²) in [5, 5.41) is 8.85. The largest absolute Gasteiger partial charge is 0.376 e. The van der Waals surface area contributed by atoms with Gasteiger partial charge in [0.15, 0.2) is 0 Å². The Hall–Kier alpha value is -1.60. The van der Waals surface area contributed by atoms with Crippen molar-refractivity contribution in [2.45, 2.75) is 38.8 Å². The third-order valence-electron chi connectivity index (χ3n) is 3.17. The number of aromatic nitrogens is 1. The summed E-state index contributed by atoms with van der Waals surface area (Å²) in [7, 11) is 0. The average molecular weight is 232 g/mol. The molecule has 1 unspecified atom stereocenters. The Bertz CT molecular complexity index is 493. The molecule has 0 N–H and O–H groups in total. The molecule has 0 saturated carbocycles. The maximum absolute atomic E-state index is 12.0. The minimum atomic E-state index is -0.207. The Morgan fingerprint density at radius 1 is 1.53 bits per heavy atom. The van der Waals surface area contributed by atoms with Crippen LogP contribution >= 0.6 is 0 Å². The zero-order chi connectivity index (χ0) is 12.3. The molecule has 0 amide bonds. The van der Waals surface area contributed by atoms with Crippen molar-refractivity contribution >= 4 is 0 Å². The van der Waals surface area contributed by atoms with Crippen molar-refractivity contribution in [2.75, 3.05) is 6.61 Å². The molecule has 1 aromatic rings. The Morgan fingerprint density at radius 2 is 2.35 bits per heavy atom. The van der Waals surface area contributed by atoms with Crippen LogP contribution in [0, 0.1) is 18.3 Å². The standard InChI is InChI=1S/C13H16N2O2/c1-10-5-6-11(8-14)13(16)15(10)9-12-4-2-3-7-17-12/h5-6,12H,2-4,7,9H2,1H3. The van der Waals surface area contributed by atoms with Gasteiger partial charge < -0.3 is 9.30 Å². The van der Waals surface area contributed by atoms with Gasteiger partial charge in [-0.05, 0) is 38.3 Å². The number of hydrogen-bond donors (Lipinski definition) is 0. The summed E-state index contributed by atoms with van der Waals surface area (Å²) in [6.07, 6.45) is 3.34. The molecule has 17 heavy (non-hydrogen) atoms. The van der Waals surface area contributed by atoms with E-state index in [0.717, 1.165) is 31.6 Å². The number of nitriles is 1. The lowest BCUT2D eigenvalue weighted by atomic mass is 10.1. The van der Waals surface area contributed by atoms with Crippen LogP contribution in [0.1, 0.15) is 30.5 Å². The van der Waals surface area contributed by atoms with Crippen molar-refractivity contribution in [3.63, 3.8) is 0 Å². The van der Waals surface area contributed by atoms with Gasteiger partial charge in [-0.1, -0.05) is 0 Å². The van der Waals surface area contributed by atoms with E-state index < -0.39 is 0 Å². The summed E-state index contributed by atoms with van der Waals surface area (Å²) in [5.74, 6) is 0. The highest BCUT2D eigenvalue weighted by atomic mass is 16.5. The van der Waals surface area contributed by atoms with Crippen LogP contribution in [0.3, 0.4) is 0 Å². The maximum Gasteiger partial charge on any atom is 0.268 e. The molecule has 1 aliphatic heterocycles. The van der Waals surface area contributed by atoms with Crippen molar-refractivity contribution in [1.82, 2.24) is 4.57 Å². The molecule has 0 spiro atoms. The van der Waals surface area contributed by atoms with Gasteiger partial charge in [0.2, 0.25) is 0 Å². The molecule has 1 aliphatic rings. The lowest BCUT2D eigenvalue weighted by molar-refractivity contribution is 0.00509. The number of hydrogen-bond acceptors (Lipinski definition) is 3. The normalized spacial score (nSPS) is 19.9. The number of ether oxygens (including phenoxy) is 1. The highest BCUT2D eigenvalue weighted by Crippen LogP contribution is 2.14. The van der Waals surface area contributed by atoms with Gasteiger partial charge in [-0.2, -0.15) is 5.26 Å². The number of aryl methyl sites for hydroxylation is 1. The summed E-state index contributed by atoms with van der Waals surface area (Å²) < 4.78 is 7.27. The molecule has 4 heteroatoms. The first-order chi connectivity index (χ1) is 8.22. The van der Waals surface area contributed by atoms with Gasteiger partial charge in [0, 0.05) is 12.3 Å². The summed E-state index contributed by atoms with van der Waals surface area (Å²) in [5.41, 5.74) is 0.872. The van der Waals surface area contributed by atoms with Crippen LogP contribution in [0.15, 0.2) is 16.9 Å². The van der Waals surface area contributed by atoms with Gasteiger partial charge in [-0.25, -0.2) is 0 Å². The topological polar surface area (TPSA) is 55.0 Å². The van der Waals surface area contributed by atoms with E-state index in [1.54, 1.807) is 10.6 Å². The van der Waals surface area contributed by atoms with Crippen molar-refractivity contribution in [1.29, 1.82) is 5.26 Å². The van der Waals surface area contributed by atoms with Crippen LogP contribution in [-0.4, -0.2) is 17.3 Å². The fraction of sp³-hybridized carbons (Fsp3) is 0.538. The van der Waals surface area contributed by atoms with Crippen molar-refractivity contribution in [3.05, 3.63) is 33.7 Å². The van der Waals surface area contributed by atoms with Crippen LogP contribution in [0.2, 0.25) is 0 Å². The summed E-state index contributed by atoms with van der Waals surface area (Å²) in [6.45, 7) is 3.21. The molecule has 4 nitrogen and oxygen atoms in total. The molecule has 0 radical (unpaired) electrons. The second-order valence-corrected chi connectivity index (χ2v) is 4.40. The van der Waals surface area contributed by atoms with E-state index in [9.17, 15) is 4.79 Å². The second-order valence-electron chi connectivity index (χ2n) is 4.40. The van der Waals surface area contributed by atoms with Gasteiger partial charge in [0.05, 0.1) is 12.6 Å². The zero-order valence-electron chi connectivity index (χ0n) is 9.98. The Morgan fingerprint density at radius 3 is 3.00 bits per heavy atom. The molecular formula is C13H16N2O2. The Balaban J connectivity index is 2.25. The minimum Gasteiger partial charge on any atom is -0.376 e. The molecule has 1 atom stereocenters. The van der Waals surface area contributed by atoms with E-state index >= 15 is 0 Å². The van der Waals surface area contributed by atoms with Gasteiger partial charge in [-0.15, -0.1) is 0 Å². The smallest absolute Gasteiger partial charge is 0.268 e. The molecular weight excluding hydrogens is 216 g/mol. The predicted octanol–water partition coefficient (Wildman–Crippen LogP) is 1.60. The van der Waals surface area contributed by atoms with Crippen LogP contribution in [0.4, 0.5) is 0 Å². The third-order valence-corrected chi connectivity index (χ3v) is 3.17. The quantitative estimate of drug-likeness (QED) is 0.778. The molecule has 0 aromatic carbocycles. The molecule has 1 saturated heterocycles. The number of pyridine rings is 1. The van der Waals surface area contributed by atoms with Crippen LogP contribution in [0.25, 0.3) is 0 Å². The van der Waals surface area contributed by atoms with Crippen molar-refractivity contribution < 1.29 is 4.74 Å². The SMILES string of the molecule is Cc1ccc(C#N)c(=O)n1CC1CCCCO1. The second kappa shape index (κ2) is 5.15. The van der Waals surface area contributed by atoms with Crippen LogP contribution in [-0.2, 0) is 11.3 Å². The van der Waals surface area contributed by atoms with E-state index in [-0.39, 0.29) is 17.2 Å². The molecule has 1 fully saturated rings. The zero-order valence-corrected chi connectivity index (χ0v) is 9.98. The fourth-order valence-corrected chi connectivity index (χ4v) is 2.14. The van der Waals surface area contributed by atoms with Crippen molar-refractivity contribution in [2.24, 2.45) is 0 Å². The molecule has 0 aliphatic carbocycles. The first kappa shape index (κ1) is 11.9. The average Bonchev–Trinajstić information content (AvgIpc) is 2.36. The number of nitrogens with zero attached hydrogens (tertiary/aromatic N) is 2. The van der Waals surface area contributed by atoms with Gasteiger partial charge >= 0.3 is 0 Å². The summed E-state index contributed by atoms with van der Waals surface area (Å²) in [4.78, 5) is 12.0. The molecule has 0 bridgehead atoms. The summed E-state index contributed by atoms with van der Waals surface area (Å²) >= 11 is 0.